The highest BCUT2D eigenvalue weighted by atomic mass is 32.1. The fraction of sp³-hybridized carbons (Fsp3) is 0.556. The molecular weight excluding hydrogens is 170 g/mol. The Hall–Kier alpha value is -0.380. The molecule has 0 aromatic carbocycles. The molecule has 2 N–H and O–H groups in total. The molecule has 2 nitrogen and oxygen atoms in total. The predicted molar refractivity (Wildman–Crippen MR) is 50.2 cm³/mol. The minimum atomic E-state index is 0.273. The SMILES string of the molecule is NCC1CCOC1c1cccs1. The molecule has 0 radical (unpaired) electrons. The molecule has 0 aliphatic carbocycles. The van der Waals surface area contributed by atoms with Crippen molar-refractivity contribution in [3.63, 3.8) is 0 Å². The molecule has 2 unspecified atom stereocenters. The zero-order valence-electron chi connectivity index (χ0n) is 6.90. The molecule has 2 rings (SSSR count). The lowest BCUT2D eigenvalue weighted by Crippen LogP contribution is -2.16. The predicted octanol–water partition coefficient (Wildman–Crippen LogP) is 1.78. The summed E-state index contributed by atoms with van der Waals surface area (Å²) in [7, 11) is 0. The van der Waals surface area contributed by atoms with Gasteiger partial charge in [-0.05, 0) is 24.4 Å². The molecule has 66 valence electrons. The number of thiophene rings is 1. The molecule has 2 heterocycles. The highest BCUT2D eigenvalue weighted by molar-refractivity contribution is 7.10. The van der Waals surface area contributed by atoms with E-state index < -0.39 is 0 Å². The van der Waals surface area contributed by atoms with Gasteiger partial charge in [0.25, 0.3) is 0 Å². The Morgan fingerprint density at radius 1 is 1.67 bits per heavy atom. The summed E-state index contributed by atoms with van der Waals surface area (Å²) in [4.78, 5) is 1.32. The number of hydrogen-bond acceptors (Lipinski definition) is 3. The van der Waals surface area contributed by atoms with Crippen LogP contribution in [-0.4, -0.2) is 13.2 Å². The van der Waals surface area contributed by atoms with Gasteiger partial charge in [-0.15, -0.1) is 11.3 Å². The lowest BCUT2D eigenvalue weighted by molar-refractivity contribution is 0.0953. The smallest absolute Gasteiger partial charge is 0.0957 e. The molecule has 1 aliphatic heterocycles. The molecule has 0 spiro atoms. The second kappa shape index (κ2) is 3.56. The van der Waals surface area contributed by atoms with Crippen molar-refractivity contribution in [3.8, 4) is 0 Å². The van der Waals surface area contributed by atoms with Gasteiger partial charge in [-0.3, -0.25) is 0 Å². The average Bonchev–Trinajstić information content (AvgIpc) is 2.74. The molecule has 1 aromatic rings. The standard InChI is InChI=1S/C9H13NOS/c10-6-7-3-4-11-9(7)8-2-1-5-12-8/h1-2,5,7,9H,3-4,6,10H2. The van der Waals surface area contributed by atoms with Gasteiger partial charge in [0, 0.05) is 17.4 Å². The van der Waals surface area contributed by atoms with Crippen LogP contribution in [0.3, 0.4) is 0 Å². The molecule has 0 saturated carbocycles. The molecule has 12 heavy (non-hydrogen) atoms. The third kappa shape index (κ3) is 1.40. The number of ether oxygens (including phenoxy) is 1. The molecular formula is C9H13NOS. The number of rotatable bonds is 2. The van der Waals surface area contributed by atoms with Crippen molar-refractivity contribution >= 4 is 11.3 Å². The largest absolute Gasteiger partial charge is 0.372 e. The topological polar surface area (TPSA) is 35.2 Å². The third-order valence-corrected chi connectivity index (χ3v) is 3.27. The monoisotopic (exact) mass is 183 g/mol. The van der Waals surface area contributed by atoms with Crippen LogP contribution in [-0.2, 0) is 4.74 Å². The molecule has 1 aliphatic rings. The zero-order valence-corrected chi connectivity index (χ0v) is 7.72. The summed E-state index contributed by atoms with van der Waals surface area (Å²) in [5.74, 6) is 0.531. The van der Waals surface area contributed by atoms with Gasteiger partial charge in [0.2, 0.25) is 0 Å². The Morgan fingerprint density at radius 2 is 2.58 bits per heavy atom. The van der Waals surface area contributed by atoms with Gasteiger partial charge in [-0.1, -0.05) is 6.07 Å². The Balaban J connectivity index is 2.13. The van der Waals surface area contributed by atoms with Crippen LogP contribution < -0.4 is 5.73 Å². The van der Waals surface area contributed by atoms with Crippen LogP contribution in [0.4, 0.5) is 0 Å². The highest BCUT2D eigenvalue weighted by Crippen LogP contribution is 2.35. The van der Waals surface area contributed by atoms with Gasteiger partial charge >= 0.3 is 0 Å². The van der Waals surface area contributed by atoms with Gasteiger partial charge in [0.15, 0.2) is 0 Å². The first-order chi connectivity index (χ1) is 5.92. The van der Waals surface area contributed by atoms with E-state index in [-0.39, 0.29) is 6.10 Å². The van der Waals surface area contributed by atoms with Crippen molar-refractivity contribution in [3.05, 3.63) is 22.4 Å². The van der Waals surface area contributed by atoms with Crippen LogP contribution >= 0.6 is 11.3 Å². The fourth-order valence-electron chi connectivity index (χ4n) is 1.64. The highest BCUT2D eigenvalue weighted by Gasteiger charge is 2.28. The van der Waals surface area contributed by atoms with E-state index in [0.29, 0.717) is 5.92 Å². The molecule has 0 amide bonds. The molecule has 3 heteroatoms. The first-order valence-corrected chi connectivity index (χ1v) is 5.15. The average molecular weight is 183 g/mol. The first-order valence-electron chi connectivity index (χ1n) is 4.27. The van der Waals surface area contributed by atoms with Crippen molar-refractivity contribution in [2.24, 2.45) is 11.7 Å². The summed E-state index contributed by atoms with van der Waals surface area (Å²) in [6.07, 6.45) is 1.38. The fourth-order valence-corrected chi connectivity index (χ4v) is 2.51. The van der Waals surface area contributed by atoms with E-state index in [0.717, 1.165) is 19.6 Å². The van der Waals surface area contributed by atoms with E-state index in [9.17, 15) is 0 Å². The number of nitrogens with two attached hydrogens (primary N) is 1. The second-order valence-corrected chi connectivity index (χ2v) is 4.07. The van der Waals surface area contributed by atoms with Crippen molar-refractivity contribution < 1.29 is 4.74 Å². The Bertz CT molecular complexity index is 235. The van der Waals surface area contributed by atoms with E-state index in [4.69, 9.17) is 10.5 Å². The van der Waals surface area contributed by atoms with Crippen molar-refractivity contribution in [2.45, 2.75) is 12.5 Å². The molecule has 1 aromatic heterocycles. The van der Waals surface area contributed by atoms with Crippen LogP contribution in [0.15, 0.2) is 17.5 Å². The van der Waals surface area contributed by atoms with Gasteiger partial charge in [-0.2, -0.15) is 0 Å². The summed E-state index contributed by atoms with van der Waals surface area (Å²) in [6, 6.07) is 4.19. The van der Waals surface area contributed by atoms with Crippen LogP contribution in [0.5, 0.6) is 0 Å². The maximum absolute atomic E-state index is 5.65. The Morgan fingerprint density at radius 3 is 3.25 bits per heavy atom. The molecule has 1 fully saturated rings. The summed E-state index contributed by atoms with van der Waals surface area (Å²) in [6.45, 7) is 1.60. The van der Waals surface area contributed by atoms with Crippen LogP contribution in [0, 0.1) is 5.92 Å². The van der Waals surface area contributed by atoms with Crippen molar-refractivity contribution in [1.29, 1.82) is 0 Å². The molecule has 1 saturated heterocycles. The van der Waals surface area contributed by atoms with Crippen molar-refractivity contribution in [1.82, 2.24) is 0 Å². The second-order valence-electron chi connectivity index (χ2n) is 3.09. The maximum Gasteiger partial charge on any atom is 0.0957 e. The molecule has 2 atom stereocenters. The maximum atomic E-state index is 5.65. The van der Waals surface area contributed by atoms with E-state index in [2.05, 4.69) is 17.5 Å². The molecule has 0 bridgehead atoms. The normalized spacial score (nSPS) is 29.4. The van der Waals surface area contributed by atoms with E-state index in [1.807, 2.05) is 0 Å². The van der Waals surface area contributed by atoms with E-state index in [1.54, 1.807) is 11.3 Å². The van der Waals surface area contributed by atoms with Gasteiger partial charge in [0.1, 0.15) is 0 Å². The minimum Gasteiger partial charge on any atom is -0.372 e. The Labute approximate surface area is 76.3 Å². The minimum absolute atomic E-state index is 0.273. The van der Waals surface area contributed by atoms with Crippen LogP contribution in [0.25, 0.3) is 0 Å². The van der Waals surface area contributed by atoms with Crippen molar-refractivity contribution in [2.75, 3.05) is 13.2 Å². The summed E-state index contributed by atoms with van der Waals surface area (Å²) < 4.78 is 5.63. The quantitative estimate of drug-likeness (QED) is 0.758. The van der Waals surface area contributed by atoms with Crippen LogP contribution in [0.2, 0.25) is 0 Å². The van der Waals surface area contributed by atoms with E-state index >= 15 is 0 Å². The van der Waals surface area contributed by atoms with Crippen LogP contribution in [0.1, 0.15) is 17.4 Å². The Kier molecular flexibility index (Phi) is 2.44. The lowest BCUT2D eigenvalue weighted by atomic mass is 10.0. The zero-order chi connectivity index (χ0) is 8.39. The van der Waals surface area contributed by atoms with E-state index in [1.165, 1.54) is 4.88 Å². The lowest BCUT2D eigenvalue weighted by Gasteiger charge is -2.14. The summed E-state index contributed by atoms with van der Waals surface area (Å²) >= 11 is 1.76. The first kappa shape index (κ1) is 8.23. The number of hydrogen-bond donors (Lipinski definition) is 1. The summed E-state index contributed by atoms with van der Waals surface area (Å²) in [5.41, 5.74) is 5.65. The van der Waals surface area contributed by atoms with Gasteiger partial charge < -0.3 is 10.5 Å². The van der Waals surface area contributed by atoms with Gasteiger partial charge in [0.05, 0.1) is 6.10 Å². The van der Waals surface area contributed by atoms with Gasteiger partial charge in [-0.25, -0.2) is 0 Å². The summed E-state index contributed by atoms with van der Waals surface area (Å²) in [5, 5.41) is 2.09. The third-order valence-electron chi connectivity index (χ3n) is 2.34.